The van der Waals surface area contributed by atoms with Crippen molar-refractivity contribution in [1.82, 2.24) is 9.21 Å². The van der Waals surface area contributed by atoms with E-state index in [4.69, 9.17) is 37.4 Å². The van der Waals surface area contributed by atoms with Gasteiger partial charge in [0.25, 0.3) is 5.91 Å². The first-order valence-electron chi connectivity index (χ1n) is 12.7. The second kappa shape index (κ2) is 14.6. The van der Waals surface area contributed by atoms with Gasteiger partial charge in [0, 0.05) is 43.9 Å². The van der Waals surface area contributed by atoms with Crippen LogP contribution in [0.2, 0.25) is 10.0 Å². The summed E-state index contributed by atoms with van der Waals surface area (Å²) in [7, 11) is 2.00. The van der Waals surface area contributed by atoms with Crippen molar-refractivity contribution in [1.29, 1.82) is 0 Å². The molecule has 1 fully saturated rings. The molecule has 4 rings (SSSR count). The molecule has 0 spiro atoms. The molecule has 0 saturated carbocycles. The Morgan fingerprint density at radius 1 is 1.07 bits per heavy atom. The molecule has 43 heavy (non-hydrogen) atoms. The number of nitrogens with one attached hydrogen (secondary N) is 1. The smallest absolute Gasteiger partial charge is 0.335 e. The number of thioether (sulfide) groups is 1. The largest absolute Gasteiger partial charge is 0.870 e. The van der Waals surface area contributed by atoms with Gasteiger partial charge in [-0.2, -0.15) is 4.31 Å². The molecule has 0 radical (unpaired) electrons. The van der Waals surface area contributed by atoms with Gasteiger partial charge >= 0.3 is 5.97 Å². The highest BCUT2D eigenvalue weighted by atomic mass is 35.5. The van der Waals surface area contributed by atoms with E-state index >= 15 is 0 Å². The molecule has 3 aromatic rings. The predicted octanol–water partition coefficient (Wildman–Crippen LogP) is 3.94. The third-order valence-electron chi connectivity index (χ3n) is 6.57. The van der Waals surface area contributed by atoms with E-state index in [0.29, 0.717) is 38.4 Å². The van der Waals surface area contributed by atoms with Crippen molar-refractivity contribution >= 4 is 56.9 Å². The van der Waals surface area contributed by atoms with Crippen molar-refractivity contribution in [3.8, 4) is 11.5 Å². The number of carbonyl (C=O) groups excluding carboxylic acids is 2. The number of aromatic nitrogens is 1. The molecular formula is C28H31Cl2N3O8S2. The molecule has 1 aliphatic heterocycles. The molecule has 1 saturated heterocycles. The van der Waals surface area contributed by atoms with E-state index in [2.05, 4.69) is 4.98 Å². The van der Waals surface area contributed by atoms with Crippen LogP contribution >= 0.6 is 35.0 Å². The summed E-state index contributed by atoms with van der Waals surface area (Å²) in [6, 6.07) is 10.8. The van der Waals surface area contributed by atoms with Gasteiger partial charge in [-0.1, -0.05) is 35.3 Å². The molecule has 2 aromatic carbocycles. The molecule has 2 atom stereocenters. The molecule has 2 heterocycles. The number of methoxy groups -OCH3 is 2. The molecule has 1 aliphatic rings. The lowest BCUT2D eigenvalue weighted by Gasteiger charge is -2.26. The summed E-state index contributed by atoms with van der Waals surface area (Å²) in [5.41, 5.74) is 1.32. The number of H-pyrrole nitrogens is 1. The summed E-state index contributed by atoms with van der Waals surface area (Å²) in [6.45, 7) is 0.0891. The van der Waals surface area contributed by atoms with E-state index in [9.17, 15) is 18.0 Å². The first kappa shape index (κ1) is 34.4. The summed E-state index contributed by atoms with van der Waals surface area (Å²) < 4.78 is 45.3. The Hall–Kier alpha value is -3.07. The summed E-state index contributed by atoms with van der Waals surface area (Å²) in [4.78, 5) is 30.3. The molecule has 11 nitrogen and oxygen atoms in total. The number of hydrogen-bond acceptors (Lipinski definition) is 9. The van der Waals surface area contributed by atoms with Gasteiger partial charge < -0.3 is 24.6 Å². The third-order valence-corrected chi connectivity index (χ3v) is 10.4. The Kier molecular flexibility index (Phi) is 11.7. The molecule has 0 unspecified atom stereocenters. The van der Waals surface area contributed by atoms with Crippen LogP contribution in [-0.2, 0) is 26.0 Å². The van der Waals surface area contributed by atoms with Crippen LogP contribution in [0, 0.1) is 0 Å². The normalized spacial score (nSPS) is 15.7. The van der Waals surface area contributed by atoms with Crippen LogP contribution in [-0.4, -0.2) is 81.0 Å². The SMILES string of the molecule is COc1ccc([C@H](Cc2c(Cl)c[nH+]cc2Cl)OC(=O)[C@@H]2SCCN2S(=O)(=O)c2cccc(C(=O)N(C)C)c2)cc1OC.[OH-]. The van der Waals surface area contributed by atoms with Crippen LogP contribution in [0.1, 0.15) is 27.6 Å². The number of hydrogen-bond donors (Lipinski definition) is 0. The zero-order valence-electron chi connectivity index (χ0n) is 23.7. The predicted molar refractivity (Wildman–Crippen MR) is 162 cm³/mol. The topological polar surface area (TPSA) is 147 Å². The van der Waals surface area contributed by atoms with Crippen molar-refractivity contribution in [2.24, 2.45) is 0 Å². The molecule has 15 heteroatoms. The van der Waals surface area contributed by atoms with Crippen LogP contribution < -0.4 is 14.5 Å². The Morgan fingerprint density at radius 3 is 2.37 bits per heavy atom. The Morgan fingerprint density at radius 2 is 1.74 bits per heavy atom. The molecule has 1 amide bonds. The van der Waals surface area contributed by atoms with Gasteiger partial charge in [0.05, 0.1) is 19.1 Å². The maximum Gasteiger partial charge on any atom is 0.335 e. The van der Waals surface area contributed by atoms with Gasteiger partial charge in [0.15, 0.2) is 29.3 Å². The van der Waals surface area contributed by atoms with Crippen LogP contribution in [0.15, 0.2) is 59.8 Å². The molecular weight excluding hydrogens is 641 g/mol. The lowest BCUT2D eigenvalue weighted by Crippen LogP contribution is -2.40. The minimum atomic E-state index is -4.15. The van der Waals surface area contributed by atoms with Gasteiger partial charge in [-0.3, -0.25) is 4.79 Å². The molecule has 1 aromatic heterocycles. The summed E-state index contributed by atoms with van der Waals surface area (Å²) in [5, 5.41) is -0.466. The lowest BCUT2D eigenvalue weighted by atomic mass is 10.0. The number of nitrogens with zero attached hydrogens (tertiary/aromatic N) is 2. The van der Waals surface area contributed by atoms with E-state index in [1.807, 2.05) is 0 Å². The molecule has 0 aliphatic carbocycles. The number of esters is 1. The number of benzene rings is 2. The maximum absolute atomic E-state index is 13.7. The summed E-state index contributed by atoms with van der Waals surface area (Å²) in [5.74, 6) is 0.183. The number of pyridine rings is 1. The van der Waals surface area contributed by atoms with E-state index in [-0.39, 0.29) is 34.8 Å². The van der Waals surface area contributed by atoms with Crippen molar-refractivity contribution in [3.05, 3.63) is 81.6 Å². The van der Waals surface area contributed by atoms with Crippen LogP contribution in [0.3, 0.4) is 0 Å². The average Bonchev–Trinajstić information content (AvgIpc) is 3.49. The lowest BCUT2D eigenvalue weighted by molar-refractivity contribution is -0.377. The summed E-state index contributed by atoms with van der Waals surface area (Å²) in [6.07, 6.45) is 2.33. The van der Waals surface area contributed by atoms with E-state index < -0.39 is 27.5 Å². The molecule has 2 N–H and O–H groups in total. The van der Waals surface area contributed by atoms with Crippen LogP contribution in [0.5, 0.6) is 11.5 Å². The highest BCUT2D eigenvalue weighted by molar-refractivity contribution is 8.02. The zero-order valence-corrected chi connectivity index (χ0v) is 26.9. The Balaban J connectivity index is 0.00000506. The number of halogens is 2. The Labute approximate surface area is 264 Å². The molecule has 0 bridgehead atoms. The molecule has 232 valence electrons. The van der Waals surface area contributed by atoms with E-state index in [0.717, 1.165) is 16.1 Å². The highest BCUT2D eigenvalue weighted by Gasteiger charge is 2.42. The van der Waals surface area contributed by atoms with Crippen molar-refractivity contribution in [2.45, 2.75) is 22.8 Å². The number of sulfonamides is 1. The average molecular weight is 673 g/mol. The fourth-order valence-corrected chi connectivity index (χ4v) is 8.03. The fourth-order valence-electron chi connectivity index (χ4n) is 4.41. The van der Waals surface area contributed by atoms with Crippen molar-refractivity contribution < 1.29 is 42.7 Å². The monoisotopic (exact) mass is 671 g/mol. The number of amides is 1. The highest BCUT2D eigenvalue weighted by Crippen LogP contribution is 2.37. The van der Waals surface area contributed by atoms with Crippen molar-refractivity contribution in [2.75, 3.05) is 40.6 Å². The second-order valence-corrected chi connectivity index (χ2v) is 13.3. The van der Waals surface area contributed by atoms with Gasteiger partial charge in [0.2, 0.25) is 10.0 Å². The van der Waals surface area contributed by atoms with E-state index in [1.54, 1.807) is 44.7 Å². The van der Waals surface area contributed by atoms with Gasteiger partial charge in [-0.25, -0.2) is 18.2 Å². The number of ether oxygens (including phenoxy) is 3. The van der Waals surface area contributed by atoms with Crippen LogP contribution in [0.25, 0.3) is 0 Å². The first-order chi connectivity index (χ1) is 20.0. The maximum atomic E-state index is 13.7. The Bertz CT molecular complexity index is 1570. The third kappa shape index (κ3) is 7.54. The number of rotatable bonds is 10. The van der Waals surface area contributed by atoms with Gasteiger partial charge in [-0.05, 0) is 35.9 Å². The van der Waals surface area contributed by atoms with Gasteiger partial charge in [-0.15, -0.1) is 11.8 Å². The number of carbonyl (C=O) groups is 2. The summed E-state index contributed by atoms with van der Waals surface area (Å²) >= 11 is 14.0. The van der Waals surface area contributed by atoms with Gasteiger partial charge in [0.1, 0.15) is 16.1 Å². The van der Waals surface area contributed by atoms with Crippen LogP contribution in [0.4, 0.5) is 0 Å². The standard InChI is InChI=1S/C28H29Cl2N3O7S2.H2O/c1-32(2)26(34)18-6-5-7-19(12-18)42(36,37)33-10-11-41-27(33)28(35)40-24(14-20-21(29)15-31-16-22(20)30)17-8-9-23(38-3)25(13-17)39-4;/h5-9,12-13,15-16,24,27H,10-11,14H2,1-4H3;1H2/t24-,27-;/m0./s1. The fraction of sp³-hybridized carbons (Fsp3) is 0.321. The minimum absolute atomic E-state index is 0. The first-order valence-corrected chi connectivity index (χ1v) is 15.9. The number of aromatic amines is 1. The quantitative estimate of drug-likeness (QED) is 0.292. The minimum Gasteiger partial charge on any atom is -0.870 e. The zero-order chi connectivity index (χ0) is 30.6. The second-order valence-electron chi connectivity index (χ2n) is 9.44. The van der Waals surface area contributed by atoms with E-state index in [1.165, 1.54) is 43.4 Å². The van der Waals surface area contributed by atoms with Crippen molar-refractivity contribution in [3.63, 3.8) is 0 Å².